The number of amides is 4. The molecule has 0 bridgehead atoms. The highest BCUT2D eigenvalue weighted by molar-refractivity contribution is 7.09. The number of thiazole rings is 1. The molecule has 130 valence electrons. The molecule has 0 spiro atoms. The SMILES string of the molecule is O=C1CC[C@@H](C(=O)N(Cc2ccccc2)Cc2nccs2)NC(=O)N1. The van der Waals surface area contributed by atoms with E-state index in [1.807, 2.05) is 35.7 Å². The Kier molecular flexibility index (Phi) is 5.39. The molecule has 1 aromatic carbocycles. The van der Waals surface area contributed by atoms with Crippen LogP contribution in [0.25, 0.3) is 0 Å². The number of hydrogen-bond donors (Lipinski definition) is 2. The van der Waals surface area contributed by atoms with Gasteiger partial charge in [0.1, 0.15) is 11.0 Å². The molecule has 0 unspecified atom stereocenters. The van der Waals surface area contributed by atoms with Crippen LogP contribution in [0.4, 0.5) is 4.79 Å². The first-order valence-electron chi connectivity index (χ1n) is 7.93. The van der Waals surface area contributed by atoms with Gasteiger partial charge in [0.2, 0.25) is 11.8 Å². The molecule has 2 N–H and O–H groups in total. The smallest absolute Gasteiger partial charge is 0.322 e. The van der Waals surface area contributed by atoms with Crippen molar-refractivity contribution in [1.82, 2.24) is 20.5 Å². The normalized spacial score (nSPS) is 17.4. The molecule has 1 aliphatic rings. The van der Waals surface area contributed by atoms with Crippen molar-refractivity contribution in [1.29, 1.82) is 0 Å². The Morgan fingerprint density at radius 2 is 2.04 bits per heavy atom. The Hall–Kier alpha value is -2.74. The third kappa shape index (κ3) is 4.63. The summed E-state index contributed by atoms with van der Waals surface area (Å²) in [5.41, 5.74) is 0.988. The number of urea groups is 1. The van der Waals surface area contributed by atoms with Crippen molar-refractivity contribution >= 4 is 29.2 Å². The minimum absolute atomic E-state index is 0.131. The van der Waals surface area contributed by atoms with E-state index in [-0.39, 0.29) is 24.7 Å². The Labute approximate surface area is 149 Å². The number of hydrogen-bond acceptors (Lipinski definition) is 5. The number of aromatic nitrogens is 1. The summed E-state index contributed by atoms with van der Waals surface area (Å²) < 4.78 is 0. The largest absolute Gasteiger partial charge is 0.330 e. The molecule has 1 aliphatic heterocycles. The van der Waals surface area contributed by atoms with Gasteiger partial charge in [-0.1, -0.05) is 30.3 Å². The van der Waals surface area contributed by atoms with E-state index < -0.39 is 12.1 Å². The first-order chi connectivity index (χ1) is 12.1. The number of benzene rings is 1. The number of nitrogens with zero attached hydrogens (tertiary/aromatic N) is 2. The molecule has 8 heteroatoms. The van der Waals surface area contributed by atoms with Gasteiger partial charge in [-0.3, -0.25) is 14.9 Å². The van der Waals surface area contributed by atoms with Gasteiger partial charge in [0.25, 0.3) is 0 Å². The number of rotatable bonds is 5. The fraction of sp³-hybridized carbons (Fsp3) is 0.294. The third-order valence-electron chi connectivity index (χ3n) is 3.85. The predicted octanol–water partition coefficient (Wildman–Crippen LogP) is 1.66. The lowest BCUT2D eigenvalue weighted by Crippen LogP contribution is -2.49. The van der Waals surface area contributed by atoms with Gasteiger partial charge >= 0.3 is 6.03 Å². The molecule has 7 nitrogen and oxygen atoms in total. The Balaban J connectivity index is 1.78. The molecule has 3 rings (SSSR count). The minimum Gasteiger partial charge on any atom is -0.330 e. The molecule has 25 heavy (non-hydrogen) atoms. The molecule has 1 saturated heterocycles. The van der Waals surface area contributed by atoms with Gasteiger partial charge in [0.15, 0.2) is 0 Å². The second kappa shape index (κ2) is 7.89. The molecule has 1 fully saturated rings. The van der Waals surface area contributed by atoms with Crippen LogP contribution >= 0.6 is 11.3 Å². The van der Waals surface area contributed by atoms with Crippen molar-refractivity contribution in [2.24, 2.45) is 0 Å². The summed E-state index contributed by atoms with van der Waals surface area (Å²) in [5.74, 6) is -0.591. The average Bonchev–Trinajstić information content (AvgIpc) is 3.05. The van der Waals surface area contributed by atoms with Crippen molar-refractivity contribution in [3.63, 3.8) is 0 Å². The molecule has 0 aliphatic carbocycles. The second-order valence-corrected chi connectivity index (χ2v) is 6.70. The average molecular weight is 358 g/mol. The van der Waals surface area contributed by atoms with E-state index in [4.69, 9.17) is 0 Å². The number of nitrogens with one attached hydrogen (secondary N) is 2. The highest BCUT2D eigenvalue weighted by Gasteiger charge is 2.30. The van der Waals surface area contributed by atoms with Gasteiger partial charge in [-0.25, -0.2) is 9.78 Å². The van der Waals surface area contributed by atoms with E-state index in [9.17, 15) is 14.4 Å². The molecule has 2 heterocycles. The van der Waals surface area contributed by atoms with Crippen molar-refractivity contribution in [3.05, 3.63) is 52.5 Å². The number of carbonyl (C=O) groups excluding carboxylic acids is 3. The lowest BCUT2D eigenvalue weighted by Gasteiger charge is -2.26. The van der Waals surface area contributed by atoms with Gasteiger partial charge in [-0.05, 0) is 12.0 Å². The summed E-state index contributed by atoms with van der Waals surface area (Å²) in [6, 6.07) is 8.27. The lowest BCUT2D eigenvalue weighted by molar-refractivity contribution is -0.134. The van der Waals surface area contributed by atoms with E-state index in [1.54, 1.807) is 11.1 Å². The van der Waals surface area contributed by atoms with Gasteiger partial charge in [-0.15, -0.1) is 11.3 Å². The summed E-state index contributed by atoms with van der Waals surface area (Å²) in [6.45, 7) is 0.770. The standard InChI is InChI=1S/C17H18N4O3S/c22-14-7-6-13(19-17(24)20-14)16(23)21(11-15-18-8-9-25-15)10-12-4-2-1-3-5-12/h1-5,8-9,13H,6-7,10-11H2,(H2,19,20,22,24)/t13-/m0/s1. The lowest BCUT2D eigenvalue weighted by atomic mass is 10.1. The molecule has 1 aromatic heterocycles. The van der Waals surface area contributed by atoms with Crippen molar-refractivity contribution in [2.75, 3.05) is 0 Å². The zero-order valence-corrected chi connectivity index (χ0v) is 14.3. The molecular weight excluding hydrogens is 340 g/mol. The summed E-state index contributed by atoms with van der Waals surface area (Å²) in [4.78, 5) is 42.0. The third-order valence-corrected chi connectivity index (χ3v) is 4.62. The quantitative estimate of drug-likeness (QED) is 0.850. The summed E-state index contributed by atoms with van der Waals surface area (Å²) in [6.07, 6.45) is 2.10. The first kappa shape index (κ1) is 17.1. The topological polar surface area (TPSA) is 91.4 Å². The summed E-state index contributed by atoms with van der Waals surface area (Å²) in [7, 11) is 0. The predicted molar refractivity (Wildman–Crippen MR) is 92.5 cm³/mol. The maximum absolute atomic E-state index is 13.0. The van der Waals surface area contributed by atoms with E-state index in [0.717, 1.165) is 10.6 Å². The van der Waals surface area contributed by atoms with Crippen molar-refractivity contribution in [2.45, 2.75) is 32.0 Å². The van der Waals surface area contributed by atoms with E-state index in [2.05, 4.69) is 15.6 Å². The Morgan fingerprint density at radius 3 is 2.76 bits per heavy atom. The van der Waals surface area contributed by atoms with Crippen LogP contribution in [0.15, 0.2) is 41.9 Å². The van der Waals surface area contributed by atoms with Gasteiger partial charge in [0, 0.05) is 24.5 Å². The monoisotopic (exact) mass is 358 g/mol. The highest BCUT2D eigenvalue weighted by atomic mass is 32.1. The fourth-order valence-corrected chi connectivity index (χ4v) is 3.28. The molecule has 0 saturated carbocycles. The van der Waals surface area contributed by atoms with Crippen LogP contribution in [0.3, 0.4) is 0 Å². The summed E-state index contributed by atoms with van der Waals surface area (Å²) in [5, 5.41) is 7.44. The summed E-state index contributed by atoms with van der Waals surface area (Å²) >= 11 is 1.47. The van der Waals surface area contributed by atoms with Crippen LogP contribution in [-0.4, -0.2) is 33.8 Å². The molecule has 2 aromatic rings. The maximum Gasteiger partial charge on any atom is 0.322 e. The molecule has 1 atom stereocenters. The van der Waals surface area contributed by atoms with Crippen LogP contribution in [0, 0.1) is 0 Å². The van der Waals surface area contributed by atoms with Crippen LogP contribution < -0.4 is 10.6 Å². The molecular formula is C17H18N4O3S. The van der Waals surface area contributed by atoms with E-state index in [0.29, 0.717) is 13.1 Å². The van der Waals surface area contributed by atoms with E-state index in [1.165, 1.54) is 11.3 Å². The Morgan fingerprint density at radius 1 is 1.24 bits per heavy atom. The maximum atomic E-state index is 13.0. The fourth-order valence-electron chi connectivity index (χ4n) is 2.65. The highest BCUT2D eigenvalue weighted by Crippen LogP contribution is 2.15. The zero-order chi connectivity index (χ0) is 17.6. The Bertz CT molecular complexity index is 749. The molecule has 0 radical (unpaired) electrons. The van der Waals surface area contributed by atoms with Crippen LogP contribution in [0.1, 0.15) is 23.4 Å². The van der Waals surface area contributed by atoms with Gasteiger partial charge in [-0.2, -0.15) is 0 Å². The van der Waals surface area contributed by atoms with Crippen molar-refractivity contribution < 1.29 is 14.4 Å². The van der Waals surface area contributed by atoms with Gasteiger partial charge < -0.3 is 10.2 Å². The first-order valence-corrected chi connectivity index (χ1v) is 8.81. The molecule has 4 amide bonds. The van der Waals surface area contributed by atoms with E-state index >= 15 is 0 Å². The van der Waals surface area contributed by atoms with Gasteiger partial charge in [0.05, 0.1) is 6.54 Å². The van der Waals surface area contributed by atoms with Crippen LogP contribution in [-0.2, 0) is 22.7 Å². The second-order valence-electron chi connectivity index (χ2n) is 5.72. The minimum atomic E-state index is -0.727. The van der Waals surface area contributed by atoms with Crippen molar-refractivity contribution in [3.8, 4) is 0 Å². The number of carbonyl (C=O) groups is 3. The van der Waals surface area contributed by atoms with Crippen LogP contribution in [0.5, 0.6) is 0 Å². The van der Waals surface area contributed by atoms with Crippen LogP contribution in [0.2, 0.25) is 0 Å². The zero-order valence-electron chi connectivity index (χ0n) is 13.5. The number of imide groups is 1.